The number of carbonyl (C=O) groups is 2. The number of benzene rings is 1. The van der Waals surface area contributed by atoms with Gasteiger partial charge in [-0.25, -0.2) is 0 Å². The second-order valence-corrected chi connectivity index (χ2v) is 4.44. The van der Waals surface area contributed by atoms with Crippen LogP contribution in [0, 0.1) is 6.92 Å². The Bertz CT molecular complexity index is 676. The van der Waals surface area contributed by atoms with Gasteiger partial charge in [0.2, 0.25) is 5.91 Å². The second-order valence-electron chi connectivity index (χ2n) is 4.44. The first-order valence-corrected chi connectivity index (χ1v) is 6.32. The zero-order valence-corrected chi connectivity index (χ0v) is 12.0. The molecule has 0 radical (unpaired) electrons. The lowest BCUT2D eigenvalue weighted by Gasteiger charge is -2.12. The Balaban J connectivity index is 2.27. The molecular weight excluding hydrogens is 272 g/mol. The molecule has 0 aliphatic heterocycles. The van der Waals surface area contributed by atoms with Crippen molar-refractivity contribution in [2.75, 3.05) is 17.7 Å². The molecule has 0 spiro atoms. The Morgan fingerprint density at radius 2 is 1.95 bits per heavy atom. The van der Waals surface area contributed by atoms with E-state index in [0.29, 0.717) is 28.4 Å². The normalized spacial score (nSPS) is 10.0. The molecule has 0 atom stereocenters. The largest absolute Gasteiger partial charge is 0.495 e. The van der Waals surface area contributed by atoms with Crippen LogP contribution in [0.2, 0.25) is 0 Å². The summed E-state index contributed by atoms with van der Waals surface area (Å²) in [5, 5.41) is 5.39. The van der Waals surface area contributed by atoms with Crippen LogP contribution in [-0.4, -0.2) is 18.9 Å². The summed E-state index contributed by atoms with van der Waals surface area (Å²) in [7, 11) is 1.51. The van der Waals surface area contributed by atoms with Gasteiger partial charge in [-0.3, -0.25) is 9.59 Å². The number of methoxy groups -OCH3 is 1. The van der Waals surface area contributed by atoms with Gasteiger partial charge in [-0.1, -0.05) is 0 Å². The number of anilines is 2. The summed E-state index contributed by atoms with van der Waals surface area (Å²) < 4.78 is 10.3. The topological polar surface area (TPSA) is 80.6 Å². The smallest absolute Gasteiger partial charge is 0.259 e. The molecule has 21 heavy (non-hydrogen) atoms. The number of aryl methyl sites for hydroxylation is 1. The third-order valence-corrected chi connectivity index (χ3v) is 2.87. The molecule has 1 aromatic carbocycles. The van der Waals surface area contributed by atoms with Crippen molar-refractivity contribution in [1.82, 2.24) is 0 Å². The predicted octanol–water partition coefficient (Wildman–Crippen LogP) is 2.81. The third-order valence-electron chi connectivity index (χ3n) is 2.87. The van der Waals surface area contributed by atoms with E-state index >= 15 is 0 Å². The van der Waals surface area contributed by atoms with Crippen molar-refractivity contribution in [2.24, 2.45) is 0 Å². The van der Waals surface area contributed by atoms with Gasteiger partial charge in [0.15, 0.2) is 0 Å². The van der Waals surface area contributed by atoms with Crippen LogP contribution in [0.4, 0.5) is 11.4 Å². The molecule has 110 valence electrons. The summed E-state index contributed by atoms with van der Waals surface area (Å²) in [6, 6.07) is 6.59. The molecule has 0 bridgehead atoms. The number of rotatable bonds is 4. The minimum absolute atomic E-state index is 0.192. The first-order chi connectivity index (χ1) is 10.0. The van der Waals surface area contributed by atoms with Crippen LogP contribution in [0.3, 0.4) is 0 Å². The van der Waals surface area contributed by atoms with Gasteiger partial charge in [0.05, 0.1) is 24.6 Å². The molecule has 0 saturated heterocycles. The fourth-order valence-corrected chi connectivity index (χ4v) is 1.90. The van der Waals surface area contributed by atoms with Crippen LogP contribution < -0.4 is 15.4 Å². The highest BCUT2D eigenvalue weighted by Crippen LogP contribution is 2.28. The number of carbonyl (C=O) groups excluding carboxylic acids is 2. The molecule has 6 nitrogen and oxygen atoms in total. The average Bonchev–Trinajstić information content (AvgIpc) is 2.84. The Kier molecular flexibility index (Phi) is 4.27. The lowest BCUT2D eigenvalue weighted by molar-refractivity contribution is -0.114. The van der Waals surface area contributed by atoms with Crippen molar-refractivity contribution >= 4 is 23.2 Å². The SMILES string of the molecule is COc1ccc(NC(C)=O)cc1NC(=O)c1ccoc1C. The average molecular weight is 288 g/mol. The van der Waals surface area contributed by atoms with Gasteiger partial charge in [-0.05, 0) is 31.2 Å². The molecule has 0 unspecified atom stereocenters. The Morgan fingerprint density at radius 1 is 1.19 bits per heavy atom. The van der Waals surface area contributed by atoms with Gasteiger partial charge >= 0.3 is 0 Å². The van der Waals surface area contributed by atoms with Crippen LogP contribution >= 0.6 is 0 Å². The summed E-state index contributed by atoms with van der Waals surface area (Å²) >= 11 is 0. The zero-order chi connectivity index (χ0) is 15.4. The van der Waals surface area contributed by atoms with Gasteiger partial charge in [0.1, 0.15) is 11.5 Å². The maximum Gasteiger partial charge on any atom is 0.259 e. The molecule has 0 aliphatic carbocycles. The molecule has 1 aromatic heterocycles. The van der Waals surface area contributed by atoms with Crippen molar-refractivity contribution in [3.8, 4) is 5.75 Å². The lowest BCUT2D eigenvalue weighted by atomic mass is 10.2. The molecule has 1 heterocycles. The van der Waals surface area contributed by atoms with Gasteiger partial charge in [-0.15, -0.1) is 0 Å². The monoisotopic (exact) mass is 288 g/mol. The van der Waals surface area contributed by atoms with E-state index in [-0.39, 0.29) is 11.8 Å². The van der Waals surface area contributed by atoms with Crippen molar-refractivity contribution < 1.29 is 18.7 Å². The second kappa shape index (κ2) is 6.13. The van der Waals surface area contributed by atoms with Crippen LogP contribution in [-0.2, 0) is 4.79 Å². The molecule has 2 N–H and O–H groups in total. The van der Waals surface area contributed by atoms with Gasteiger partial charge in [-0.2, -0.15) is 0 Å². The van der Waals surface area contributed by atoms with Gasteiger partial charge in [0.25, 0.3) is 5.91 Å². The Labute approximate surface area is 122 Å². The van der Waals surface area contributed by atoms with Gasteiger partial charge in [0, 0.05) is 12.6 Å². The zero-order valence-electron chi connectivity index (χ0n) is 12.0. The Morgan fingerprint density at radius 3 is 2.52 bits per heavy atom. The Hall–Kier alpha value is -2.76. The molecule has 2 aromatic rings. The highest BCUT2D eigenvalue weighted by atomic mass is 16.5. The maximum atomic E-state index is 12.2. The molecule has 6 heteroatoms. The van der Waals surface area contributed by atoms with Crippen molar-refractivity contribution in [1.29, 1.82) is 0 Å². The van der Waals surface area contributed by atoms with E-state index in [0.717, 1.165) is 0 Å². The number of nitrogens with one attached hydrogen (secondary N) is 2. The number of hydrogen-bond donors (Lipinski definition) is 2. The van der Waals surface area contributed by atoms with Crippen LogP contribution in [0.5, 0.6) is 5.75 Å². The molecule has 0 fully saturated rings. The fourth-order valence-electron chi connectivity index (χ4n) is 1.90. The predicted molar refractivity (Wildman–Crippen MR) is 78.7 cm³/mol. The molecule has 0 saturated carbocycles. The first kappa shape index (κ1) is 14.6. The third kappa shape index (κ3) is 3.42. The summed E-state index contributed by atoms with van der Waals surface area (Å²) in [6.45, 7) is 3.12. The highest BCUT2D eigenvalue weighted by molar-refractivity contribution is 6.06. The number of hydrogen-bond acceptors (Lipinski definition) is 4. The summed E-state index contributed by atoms with van der Waals surface area (Å²) in [5.41, 5.74) is 1.49. The quantitative estimate of drug-likeness (QED) is 0.906. The molecule has 2 rings (SSSR count). The van der Waals surface area contributed by atoms with E-state index in [1.165, 1.54) is 20.3 Å². The van der Waals surface area contributed by atoms with Crippen molar-refractivity contribution in [3.63, 3.8) is 0 Å². The van der Waals surface area contributed by atoms with E-state index in [1.807, 2.05) is 0 Å². The first-order valence-electron chi connectivity index (χ1n) is 6.32. The minimum atomic E-state index is -0.306. The van der Waals surface area contributed by atoms with Crippen LogP contribution in [0.25, 0.3) is 0 Å². The van der Waals surface area contributed by atoms with Crippen LogP contribution in [0.15, 0.2) is 34.9 Å². The molecule has 2 amide bonds. The van der Waals surface area contributed by atoms with E-state index in [9.17, 15) is 9.59 Å². The van der Waals surface area contributed by atoms with Crippen molar-refractivity contribution in [2.45, 2.75) is 13.8 Å². The van der Waals surface area contributed by atoms with Crippen LogP contribution in [0.1, 0.15) is 23.0 Å². The minimum Gasteiger partial charge on any atom is -0.495 e. The fraction of sp³-hybridized carbons (Fsp3) is 0.200. The number of ether oxygens (including phenoxy) is 1. The summed E-state index contributed by atoms with van der Waals surface area (Å²) in [6.07, 6.45) is 1.45. The number of amides is 2. The molecule has 0 aliphatic rings. The maximum absolute atomic E-state index is 12.2. The lowest BCUT2D eigenvalue weighted by Crippen LogP contribution is -2.13. The highest BCUT2D eigenvalue weighted by Gasteiger charge is 2.14. The van der Waals surface area contributed by atoms with E-state index in [1.54, 1.807) is 31.2 Å². The molecular formula is C15H16N2O4. The summed E-state index contributed by atoms with van der Waals surface area (Å²) in [5.74, 6) is 0.533. The van der Waals surface area contributed by atoms with Gasteiger partial charge < -0.3 is 19.8 Å². The van der Waals surface area contributed by atoms with E-state index in [2.05, 4.69) is 10.6 Å². The van der Waals surface area contributed by atoms with E-state index in [4.69, 9.17) is 9.15 Å². The number of furan rings is 1. The van der Waals surface area contributed by atoms with Crippen molar-refractivity contribution in [3.05, 3.63) is 41.9 Å². The summed E-state index contributed by atoms with van der Waals surface area (Å²) in [4.78, 5) is 23.3. The van der Waals surface area contributed by atoms with E-state index < -0.39 is 0 Å². The standard InChI is InChI=1S/C15H16N2O4/c1-9-12(6-7-21-9)15(19)17-13-8-11(16-10(2)18)4-5-14(13)20-3/h4-8H,1-3H3,(H,16,18)(H,17,19).